The van der Waals surface area contributed by atoms with Crippen molar-refractivity contribution in [3.8, 4) is 27.6 Å². The van der Waals surface area contributed by atoms with Crippen molar-refractivity contribution in [3.63, 3.8) is 0 Å². The summed E-state index contributed by atoms with van der Waals surface area (Å²) in [5.74, 6) is -1.51. The van der Waals surface area contributed by atoms with E-state index >= 15 is 0 Å². The number of anilines is 1. The largest absolute Gasteiger partial charge is 0.472 e. The van der Waals surface area contributed by atoms with Crippen molar-refractivity contribution in [1.82, 2.24) is 24.9 Å². The number of amides is 3. The molecule has 4 heterocycles. The molecule has 1 saturated heterocycles. The van der Waals surface area contributed by atoms with Crippen LogP contribution in [0.5, 0.6) is 5.88 Å². The summed E-state index contributed by atoms with van der Waals surface area (Å²) < 4.78 is 34.3. The third-order valence-corrected chi connectivity index (χ3v) is 13.1. The van der Waals surface area contributed by atoms with Gasteiger partial charge in [-0.3, -0.25) is 19.1 Å². The Morgan fingerprint density at radius 2 is 1.78 bits per heavy atom. The number of thiophene rings is 1. The van der Waals surface area contributed by atoms with Crippen LogP contribution in [0.15, 0.2) is 84.8 Å². The van der Waals surface area contributed by atoms with E-state index in [4.69, 9.17) is 9.72 Å². The number of carbonyl (C=O) groups is 3. The minimum Gasteiger partial charge on any atom is -0.472 e. The van der Waals surface area contributed by atoms with E-state index in [2.05, 4.69) is 26.9 Å². The number of likely N-dealkylation sites (tertiary alicyclic amines) is 1. The lowest BCUT2D eigenvalue weighted by Crippen LogP contribution is -2.58. The molecule has 55 heavy (non-hydrogen) atoms. The molecule has 3 N–H and O–H groups in total. The van der Waals surface area contributed by atoms with Gasteiger partial charge in [0, 0.05) is 34.5 Å². The Bertz CT molecular complexity index is 2190. The molecule has 3 aromatic heterocycles. The molecule has 2 aliphatic carbocycles. The fourth-order valence-electron chi connectivity index (χ4n) is 7.24. The predicted molar refractivity (Wildman–Crippen MR) is 213 cm³/mol. The van der Waals surface area contributed by atoms with Crippen LogP contribution in [0.25, 0.3) is 21.7 Å². The first-order valence-corrected chi connectivity index (χ1v) is 21.0. The molecule has 0 radical (unpaired) electrons. The number of rotatable bonds is 14. The standard InChI is InChI=1S/C41H46N6O6S2/c1-6-29-22-41(29,40(50)46-55(51,52)31-14-15-31)45-38(48)33-21-30(23-47(33)39(49)37(24(2)3)44-35-18-25(4)17-26(5)42-35)53-36-20-28(34-13-10-16-54-34)19-32(43-36)27-11-8-7-9-12-27/h6-13,16-20,24,29-31,33,37H,1,14-15,21-23H2,2-5H3,(H,42,44)(H,45,48)(H,46,50)/t29-,30-,33+,37+,41-/m1/s1. The number of benzene rings is 1. The van der Waals surface area contributed by atoms with Crippen LogP contribution < -0.4 is 20.1 Å². The molecular weight excluding hydrogens is 737 g/mol. The highest BCUT2D eigenvalue weighted by Gasteiger charge is 2.62. The topological polar surface area (TPSA) is 160 Å². The molecule has 288 valence electrons. The van der Waals surface area contributed by atoms with Crippen LogP contribution in [-0.2, 0) is 24.4 Å². The molecule has 7 rings (SSSR count). The number of hydrogen-bond acceptors (Lipinski definition) is 10. The molecule has 3 fully saturated rings. The Hall–Kier alpha value is -5.08. The zero-order valence-electron chi connectivity index (χ0n) is 31.3. The first kappa shape index (κ1) is 38.2. The fraction of sp³-hybridized carbons (Fsp3) is 0.390. The van der Waals surface area contributed by atoms with E-state index in [-0.39, 0.29) is 31.2 Å². The number of carbonyl (C=O) groups excluding carboxylic acids is 3. The maximum Gasteiger partial charge on any atom is 0.259 e. The number of nitrogens with one attached hydrogen (secondary N) is 3. The normalized spacial score (nSPS) is 22.5. The second-order valence-corrected chi connectivity index (χ2v) is 18.0. The summed E-state index contributed by atoms with van der Waals surface area (Å²) in [6.07, 6.45) is 2.15. The van der Waals surface area contributed by atoms with E-state index in [0.717, 1.165) is 27.3 Å². The number of aromatic nitrogens is 2. The van der Waals surface area contributed by atoms with Crippen LogP contribution in [0, 0.1) is 25.7 Å². The molecule has 5 atom stereocenters. The number of pyridine rings is 2. The minimum absolute atomic E-state index is 0.0633. The fourth-order valence-corrected chi connectivity index (χ4v) is 9.32. The maximum atomic E-state index is 14.6. The van der Waals surface area contributed by atoms with E-state index in [1.165, 1.54) is 4.90 Å². The van der Waals surface area contributed by atoms with Crippen molar-refractivity contribution < 1.29 is 27.5 Å². The summed E-state index contributed by atoms with van der Waals surface area (Å²) in [6, 6.07) is 19.7. The van der Waals surface area contributed by atoms with E-state index < -0.39 is 56.7 Å². The maximum absolute atomic E-state index is 14.6. The Morgan fingerprint density at radius 3 is 2.42 bits per heavy atom. The van der Waals surface area contributed by atoms with E-state index in [1.54, 1.807) is 17.4 Å². The Labute approximate surface area is 325 Å². The van der Waals surface area contributed by atoms with Crippen LogP contribution >= 0.6 is 11.3 Å². The Morgan fingerprint density at radius 1 is 1.02 bits per heavy atom. The SMILES string of the molecule is C=C[C@@H]1C[C@]1(NC(=O)[C@@H]1C[C@@H](Oc2cc(-c3cccs3)cc(-c3ccccc3)n2)CN1C(=O)[C@@H](Nc1cc(C)cc(C)n1)C(C)C)C(=O)NS(=O)(=O)C1CC1. The third-order valence-electron chi connectivity index (χ3n) is 10.4. The molecule has 2 saturated carbocycles. The van der Waals surface area contributed by atoms with E-state index in [1.807, 2.05) is 99.8 Å². The van der Waals surface area contributed by atoms with Crippen LogP contribution in [0.2, 0.25) is 0 Å². The van der Waals surface area contributed by atoms with Crippen molar-refractivity contribution in [2.45, 2.75) is 82.4 Å². The van der Waals surface area contributed by atoms with Crippen molar-refractivity contribution >= 4 is 44.9 Å². The van der Waals surface area contributed by atoms with Gasteiger partial charge in [0.1, 0.15) is 29.5 Å². The summed E-state index contributed by atoms with van der Waals surface area (Å²) in [4.78, 5) is 54.6. The van der Waals surface area contributed by atoms with E-state index in [0.29, 0.717) is 30.2 Å². The minimum atomic E-state index is -3.87. The van der Waals surface area contributed by atoms with Gasteiger partial charge in [0.05, 0.1) is 17.5 Å². The number of nitrogens with zero attached hydrogens (tertiary/aromatic N) is 3. The van der Waals surface area contributed by atoms with E-state index in [9.17, 15) is 22.8 Å². The Kier molecular flexibility index (Phi) is 10.6. The van der Waals surface area contributed by atoms with Gasteiger partial charge in [0.25, 0.3) is 5.91 Å². The lowest BCUT2D eigenvalue weighted by atomic mass is 10.0. The van der Waals surface area contributed by atoms with Gasteiger partial charge in [-0.2, -0.15) is 0 Å². The van der Waals surface area contributed by atoms with Crippen molar-refractivity contribution in [1.29, 1.82) is 0 Å². The van der Waals surface area contributed by atoms with Gasteiger partial charge in [-0.05, 0) is 79.8 Å². The van der Waals surface area contributed by atoms with Crippen molar-refractivity contribution in [2.24, 2.45) is 11.8 Å². The number of ether oxygens (including phenoxy) is 1. The zero-order chi connectivity index (χ0) is 39.1. The lowest BCUT2D eigenvalue weighted by Gasteiger charge is -2.31. The first-order chi connectivity index (χ1) is 26.3. The molecule has 3 aliphatic rings. The molecule has 3 amide bonds. The van der Waals surface area contributed by atoms with Gasteiger partial charge < -0.3 is 20.3 Å². The number of hydrogen-bond donors (Lipinski definition) is 3. The van der Waals surface area contributed by atoms with Crippen molar-refractivity contribution in [2.75, 3.05) is 11.9 Å². The second-order valence-electron chi connectivity index (χ2n) is 15.1. The van der Waals surface area contributed by atoms with Crippen LogP contribution in [0.3, 0.4) is 0 Å². The average molecular weight is 783 g/mol. The summed E-state index contributed by atoms with van der Waals surface area (Å²) in [5, 5.41) is 7.57. The van der Waals surface area contributed by atoms with Crippen LogP contribution in [0.1, 0.15) is 50.8 Å². The molecule has 1 aromatic carbocycles. The van der Waals surface area contributed by atoms with Gasteiger partial charge in [0.15, 0.2) is 0 Å². The summed E-state index contributed by atoms with van der Waals surface area (Å²) >= 11 is 1.59. The average Bonchev–Trinajstić information content (AvgIpc) is 4.02. The molecule has 0 unspecified atom stereocenters. The molecule has 14 heteroatoms. The highest BCUT2D eigenvalue weighted by Crippen LogP contribution is 2.45. The number of aryl methyl sites for hydroxylation is 2. The molecule has 0 bridgehead atoms. The number of sulfonamides is 1. The molecule has 1 aliphatic heterocycles. The predicted octanol–water partition coefficient (Wildman–Crippen LogP) is 5.64. The molecular formula is C41H46N6O6S2. The summed E-state index contributed by atoms with van der Waals surface area (Å²) in [6.45, 7) is 11.6. The molecule has 4 aromatic rings. The summed E-state index contributed by atoms with van der Waals surface area (Å²) in [5.41, 5.74) is 2.81. The van der Waals surface area contributed by atoms with Gasteiger partial charge in [-0.25, -0.2) is 18.4 Å². The molecule has 0 spiro atoms. The first-order valence-electron chi connectivity index (χ1n) is 18.6. The van der Waals surface area contributed by atoms with Gasteiger partial charge >= 0.3 is 0 Å². The van der Waals surface area contributed by atoms with Crippen molar-refractivity contribution in [3.05, 3.63) is 96.0 Å². The molecule has 12 nitrogen and oxygen atoms in total. The Balaban J connectivity index is 1.19. The second kappa shape index (κ2) is 15.2. The monoisotopic (exact) mass is 782 g/mol. The van der Waals surface area contributed by atoms with Gasteiger partial charge in [-0.15, -0.1) is 17.9 Å². The highest BCUT2D eigenvalue weighted by atomic mass is 32.2. The lowest BCUT2D eigenvalue weighted by molar-refractivity contribution is -0.140. The zero-order valence-corrected chi connectivity index (χ0v) is 33.0. The van der Waals surface area contributed by atoms with Gasteiger partial charge in [-0.1, -0.05) is 56.3 Å². The smallest absolute Gasteiger partial charge is 0.259 e. The van der Waals surface area contributed by atoms with Gasteiger partial charge in [0.2, 0.25) is 27.7 Å². The third kappa shape index (κ3) is 8.30. The highest BCUT2D eigenvalue weighted by molar-refractivity contribution is 7.91. The van der Waals surface area contributed by atoms with Crippen LogP contribution in [-0.4, -0.2) is 76.5 Å². The van der Waals surface area contributed by atoms with Crippen LogP contribution in [0.4, 0.5) is 5.82 Å². The quantitative estimate of drug-likeness (QED) is 0.138. The summed E-state index contributed by atoms with van der Waals surface area (Å²) in [7, 11) is -3.87.